The van der Waals surface area contributed by atoms with E-state index in [9.17, 15) is 9.67 Å². The maximum atomic E-state index is 10.7. The molecule has 6 heteroatoms. The molecule has 0 bridgehead atoms. The van der Waals surface area contributed by atoms with Crippen molar-refractivity contribution in [3.05, 3.63) is 34.9 Å². The zero-order valence-corrected chi connectivity index (χ0v) is 9.58. The smallest absolute Gasteiger partial charge is 0.379 e. The topological polar surface area (TPSA) is 83.5 Å². The van der Waals surface area contributed by atoms with Gasteiger partial charge in [0.1, 0.15) is 5.60 Å². The lowest BCUT2D eigenvalue weighted by atomic mass is 9.96. The maximum Gasteiger partial charge on any atom is 0.508 e. The van der Waals surface area contributed by atoms with E-state index in [4.69, 9.17) is 22.2 Å². The number of hydrogen-bond acceptors (Lipinski definition) is 3. The van der Waals surface area contributed by atoms with Crippen LogP contribution in [0.15, 0.2) is 24.3 Å². The van der Waals surface area contributed by atoms with Gasteiger partial charge in [-0.15, -0.1) is 0 Å². The third kappa shape index (κ3) is 3.23. The molecule has 0 fully saturated rings. The molecule has 0 radical (unpaired) electrons. The summed E-state index contributed by atoms with van der Waals surface area (Å²) < 4.78 is 10.7. The van der Waals surface area contributed by atoms with Gasteiger partial charge in [0.25, 0.3) is 0 Å². The van der Waals surface area contributed by atoms with E-state index in [1.807, 2.05) is 0 Å². The summed E-state index contributed by atoms with van der Waals surface area (Å²) in [5, 5.41) is 10.6. The summed E-state index contributed by atoms with van der Waals surface area (Å²) in [5.41, 5.74) is 4.43. The molecule has 1 unspecified atom stereocenters. The van der Waals surface area contributed by atoms with Crippen molar-refractivity contribution in [1.29, 1.82) is 0 Å². The van der Waals surface area contributed by atoms with Gasteiger partial charge >= 0.3 is 8.03 Å². The zero-order chi connectivity index (χ0) is 11.5. The summed E-state index contributed by atoms with van der Waals surface area (Å²) in [4.78, 5) is 8.80. The third-order valence-corrected chi connectivity index (χ3v) is 3.16. The van der Waals surface area contributed by atoms with Crippen LogP contribution in [0.25, 0.3) is 0 Å². The molecule has 2 atom stereocenters. The highest BCUT2D eigenvalue weighted by atomic mass is 35.5. The maximum absolute atomic E-state index is 10.7. The van der Waals surface area contributed by atoms with E-state index in [2.05, 4.69) is 0 Å². The van der Waals surface area contributed by atoms with Crippen LogP contribution >= 0.6 is 19.6 Å². The molecule has 1 rings (SSSR count). The lowest BCUT2D eigenvalue weighted by molar-refractivity contribution is 0.0689. The molecule has 4 nitrogen and oxygen atoms in total. The van der Waals surface area contributed by atoms with E-state index in [-0.39, 0.29) is 12.7 Å². The van der Waals surface area contributed by atoms with Gasteiger partial charge in [0.2, 0.25) is 6.16 Å². The van der Waals surface area contributed by atoms with Gasteiger partial charge in [-0.2, -0.15) is 4.89 Å². The molecule has 82 valence electrons. The predicted octanol–water partition coefficient (Wildman–Crippen LogP) is 1.22. The second kappa shape index (κ2) is 5.01. The Hall–Kier alpha value is -0.510. The Morgan fingerprint density at radius 3 is 2.33 bits per heavy atom. The van der Waals surface area contributed by atoms with E-state index in [1.165, 1.54) is 0 Å². The fourth-order valence-corrected chi connectivity index (χ4v) is 2.14. The highest BCUT2D eigenvalue weighted by Crippen LogP contribution is 2.30. The van der Waals surface area contributed by atoms with Crippen molar-refractivity contribution >= 4 is 19.6 Å². The highest BCUT2D eigenvalue weighted by Gasteiger charge is 2.36. The Morgan fingerprint density at radius 1 is 1.40 bits per heavy atom. The SMILES string of the molecule is NC[C@@](O)(C[P+](=O)O)c1ccc(Cl)cc1. The van der Waals surface area contributed by atoms with Crippen molar-refractivity contribution in [1.82, 2.24) is 0 Å². The quantitative estimate of drug-likeness (QED) is 0.700. The minimum Gasteiger partial charge on any atom is -0.379 e. The van der Waals surface area contributed by atoms with Gasteiger partial charge in [0.05, 0.1) is 0 Å². The largest absolute Gasteiger partial charge is 0.508 e. The van der Waals surface area contributed by atoms with Crippen LogP contribution < -0.4 is 5.73 Å². The van der Waals surface area contributed by atoms with Crippen LogP contribution in [0.5, 0.6) is 0 Å². The molecule has 0 saturated carbocycles. The Labute approximate surface area is 93.5 Å². The van der Waals surface area contributed by atoms with Crippen LogP contribution in [0.1, 0.15) is 5.56 Å². The first-order chi connectivity index (χ1) is 6.98. The van der Waals surface area contributed by atoms with Gasteiger partial charge in [0.15, 0.2) is 0 Å². The van der Waals surface area contributed by atoms with Crippen molar-refractivity contribution in [3.63, 3.8) is 0 Å². The minimum absolute atomic E-state index is 0.115. The van der Waals surface area contributed by atoms with Crippen LogP contribution in [0.2, 0.25) is 5.02 Å². The van der Waals surface area contributed by atoms with Crippen LogP contribution in [0.3, 0.4) is 0 Å². The van der Waals surface area contributed by atoms with Crippen molar-refractivity contribution in [2.24, 2.45) is 5.73 Å². The molecule has 0 spiro atoms. The number of halogens is 1. The normalized spacial score (nSPS) is 15.9. The number of benzene rings is 1. The second-order valence-electron chi connectivity index (χ2n) is 3.25. The Bertz CT molecular complexity index is 357. The Kier molecular flexibility index (Phi) is 4.20. The van der Waals surface area contributed by atoms with Crippen LogP contribution in [0.4, 0.5) is 0 Å². The zero-order valence-electron chi connectivity index (χ0n) is 7.93. The van der Waals surface area contributed by atoms with Gasteiger partial charge in [0, 0.05) is 11.6 Å². The van der Waals surface area contributed by atoms with E-state index in [1.54, 1.807) is 24.3 Å². The van der Waals surface area contributed by atoms with Gasteiger partial charge in [-0.1, -0.05) is 23.7 Å². The number of rotatable bonds is 4. The van der Waals surface area contributed by atoms with E-state index in [0.29, 0.717) is 10.6 Å². The standard InChI is InChI=1S/C9H11ClNO3P/c10-8-3-1-7(2-4-8)9(12,5-11)6-15(13)14/h1-4,12H,5-6,11H2/p+1/t9-/m1/s1. The van der Waals surface area contributed by atoms with Crippen molar-refractivity contribution < 1.29 is 14.6 Å². The molecule has 0 saturated heterocycles. The number of nitrogens with two attached hydrogens (primary N) is 1. The van der Waals surface area contributed by atoms with Crippen molar-refractivity contribution in [2.75, 3.05) is 12.7 Å². The summed E-state index contributed by atoms with van der Waals surface area (Å²) in [7, 11) is -2.44. The van der Waals surface area contributed by atoms with Crippen molar-refractivity contribution in [2.45, 2.75) is 5.60 Å². The summed E-state index contributed by atoms with van der Waals surface area (Å²) in [5.74, 6) is 0. The van der Waals surface area contributed by atoms with E-state index >= 15 is 0 Å². The van der Waals surface area contributed by atoms with E-state index in [0.717, 1.165) is 0 Å². The average Bonchev–Trinajstić information content (AvgIpc) is 2.17. The lowest BCUT2D eigenvalue weighted by Crippen LogP contribution is -2.37. The third-order valence-electron chi connectivity index (χ3n) is 2.12. The van der Waals surface area contributed by atoms with Crippen molar-refractivity contribution in [3.8, 4) is 0 Å². The molecular formula is C9H12ClNO3P+. The molecule has 1 aromatic rings. The lowest BCUT2D eigenvalue weighted by Gasteiger charge is -2.21. The highest BCUT2D eigenvalue weighted by molar-refractivity contribution is 7.38. The molecule has 0 aliphatic carbocycles. The molecule has 0 heterocycles. The molecule has 0 amide bonds. The fourth-order valence-electron chi connectivity index (χ4n) is 1.26. The second-order valence-corrected chi connectivity index (χ2v) is 4.71. The molecule has 4 N–H and O–H groups in total. The summed E-state index contributed by atoms with van der Waals surface area (Å²) >= 11 is 5.69. The van der Waals surface area contributed by atoms with Gasteiger partial charge in [-0.25, -0.2) is 0 Å². The average molecular weight is 249 g/mol. The Morgan fingerprint density at radius 2 is 1.93 bits per heavy atom. The van der Waals surface area contributed by atoms with Gasteiger partial charge < -0.3 is 10.8 Å². The molecule has 15 heavy (non-hydrogen) atoms. The summed E-state index contributed by atoms with van der Waals surface area (Å²) in [6, 6.07) is 6.38. The van der Waals surface area contributed by atoms with Crippen LogP contribution in [-0.4, -0.2) is 22.7 Å². The van der Waals surface area contributed by atoms with E-state index < -0.39 is 13.6 Å². The molecule has 1 aromatic carbocycles. The van der Waals surface area contributed by atoms with Crippen LogP contribution in [-0.2, 0) is 10.2 Å². The first kappa shape index (κ1) is 12.6. The van der Waals surface area contributed by atoms with Crippen LogP contribution in [0, 0.1) is 0 Å². The molecule has 0 aromatic heterocycles. The first-order valence-corrected chi connectivity index (χ1v) is 6.07. The summed E-state index contributed by atoms with van der Waals surface area (Å²) in [6.45, 7) is -0.115. The first-order valence-electron chi connectivity index (χ1n) is 4.30. The molecule has 0 aliphatic rings. The number of hydrogen-bond donors (Lipinski definition) is 3. The predicted molar refractivity (Wildman–Crippen MR) is 59.1 cm³/mol. The Balaban J connectivity index is 3.00. The van der Waals surface area contributed by atoms with Gasteiger partial charge in [-0.05, 0) is 22.3 Å². The van der Waals surface area contributed by atoms with Gasteiger partial charge in [-0.3, -0.25) is 0 Å². The molecule has 0 aliphatic heterocycles. The molecular weight excluding hydrogens is 237 g/mol. The summed E-state index contributed by atoms with van der Waals surface area (Å²) in [6.07, 6.45) is -0.277. The fraction of sp³-hybridized carbons (Fsp3) is 0.333. The number of aliphatic hydroxyl groups is 1. The minimum atomic E-state index is -2.44. The monoisotopic (exact) mass is 248 g/mol.